The fraction of sp³-hybridized carbons (Fsp3) is 0. The Morgan fingerprint density at radius 2 is 1.14 bits per heavy atom. The van der Waals surface area contributed by atoms with E-state index < -0.39 is 7.82 Å². The second-order valence-electron chi connectivity index (χ2n) is 0.447. The Morgan fingerprint density at radius 3 is 1.14 bits per heavy atom. The van der Waals surface area contributed by atoms with E-state index in [4.69, 9.17) is 19.2 Å². The summed E-state index contributed by atoms with van der Waals surface area (Å²) in [6, 6.07) is 0. The molecule has 0 amide bonds. The van der Waals surface area contributed by atoms with Crippen LogP contribution in [-0.2, 0) is 42.6 Å². The molecule has 0 saturated heterocycles. The third-order valence-electron chi connectivity index (χ3n) is 0. The molecule has 0 heterocycles. The van der Waals surface area contributed by atoms with Crippen LogP contribution in [0.15, 0.2) is 0 Å². The smallest absolute Gasteiger partial charge is 0.822 e. The van der Waals surface area contributed by atoms with E-state index in [0.717, 1.165) is 0 Å². The van der Waals surface area contributed by atoms with Crippen molar-refractivity contribution >= 4 is 7.82 Å². The van der Waals surface area contributed by atoms with Crippen LogP contribution in [0.2, 0.25) is 0 Å². The maximum atomic E-state index is 8.55. The van der Waals surface area contributed by atoms with Crippen LogP contribution in [0.4, 0.5) is 0 Å². The van der Waals surface area contributed by atoms with E-state index in [1.165, 1.54) is 0 Å². The fourth-order valence-corrected chi connectivity index (χ4v) is 0. The molecular formula is O4PVZn+. The Labute approximate surface area is 65.2 Å². The molecule has 0 saturated carbocycles. The van der Waals surface area contributed by atoms with Gasteiger partial charge in [0, 0.05) is 0 Å². The van der Waals surface area contributed by atoms with Gasteiger partial charge in [-0.3, -0.25) is 0 Å². The standard InChI is InChI=1S/H3O4P.V.Zn/c1-5(2,3)4;;/h(H3,1,2,3,4);;/q;2*+2/p-3. The van der Waals surface area contributed by atoms with Crippen molar-refractivity contribution in [1.82, 2.24) is 0 Å². The SMILES string of the molecule is O=P([O-])([O-])[O-].[V+2].[Zn+2]. The summed E-state index contributed by atoms with van der Waals surface area (Å²) in [4.78, 5) is 25.6. The topological polar surface area (TPSA) is 86.2 Å². The summed E-state index contributed by atoms with van der Waals surface area (Å²) in [6.45, 7) is 0. The molecular weight excluding hydrogens is 211 g/mol. The minimum absolute atomic E-state index is 0. The summed E-state index contributed by atoms with van der Waals surface area (Å²) < 4.78 is 8.55. The Balaban J connectivity index is -0.0000000800. The van der Waals surface area contributed by atoms with Gasteiger partial charge in [-0.2, -0.15) is 7.82 Å². The van der Waals surface area contributed by atoms with Gasteiger partial charge in [0.1, 0.15) is 0 Å². The van der Waals surface area contributed by atoms with E-state index in [-0.39, 0.29) is 38.0 Å². The Morgan fingerprint density at radius 1 is 1.14 bits per heavy atom. The molecule has 0 unspecified atom stereocenters. The number of hydrogen-bond acceptors (Lipinski definition) is 4. The predicted octanol–water partition coefficient (Wildman–Crippen LogP) is -2.83. The zero-order chi connectivity index (χ0) is 4.50. The van der Waals surface area contributed by atoms with Gasteiger partial charge >= 0.3 is 38.0 Å². The summed E-state index contributed by atoms with van der Waals surface area (Å²) in [5, 5.41) is 0. The van der Waals surface area contributed by atoms with Gasteiger partial charge in [0.2, 0.25) is 0 Å². The molecule has 7 heavy (non-hydrogen) atoms. The van der Waals surface area contributed by atoms with Crippen LogP contribution in [0.3, 0.4) is 0 Å². The minimum atomic E-state index is -5.39. The molecule has 0 atom stereocenters. The molecule has 0 fully saturated rings. The van der Waals surface area contributed by atoms with Crippen molar-refractivity contribution in [2.75, 3.05) is 0 Å². The summed E-state index contributed by atoms with van der Waals surface area (Å²) in [7, 11) is -5.39. The van der Waals surface area contributed by atoms with Crippen LogP contribution >= 0.6 is 7.82 Å². The van der Waals surface area contributed by atoms with Crippen LogP contribution in [0.5, 0.6) is 0 Å². The molecule has 0 aromatic carbocycles. The second kappa shape index (κ2) is 5.45. The largest absolute Gasteiger partial charge is 2.00 e. The van der Waals surface area contributed by atoms with Gasteiger partial charge in [-0.1, -0.05) is 0 Å². The fourth-order valence-electron chi connectivity index (χ4n) is 0. The van der Waals surface area contributed by atoms with E-state index in [1.807, 2.05) is 0 Å². The average molecular weight is 211 g/mol. The van der Waals surface area contributed by atoms with Crippen molar-refractivity contribution in [1.29, 1.82) is 0 Å². The molecule has 0 N–H and O–H groups in total. The third kappa shape index (κ3) is 119. The molecule has 0 rings (SSSR count). The molecule has 1 radical (unpaired) electrons. The molecule has 0 aromatic rings. The second-order valence-corrected chi connectivity index (χ2v) is 1.34. The summed E-state index contributed by atoms with van der Waals surface area (Å²) >= 11 is 0. The first-order valence-corrected chi connectivity index (χ1v) is 2.19. The van der Waals surface area contributed by atoms with Crippen molar-refractivity contribution in [2.24, 2.45) is 0 Å². The maximum absolute atomic E-state index is 8.55. The van der Waals surface area contributed by atoms with Gasteiger partial charge in [0.25, 0.3) is 0 Å². The molecule has 0 aliphatic heterocycles. The Hall–Kier alpha value is 1.32. The van der Waals surface area contributed by atoms with Gasteiger partial charge in [-0.05, 0) is 0 Å². The van der Waals surface area contributed by atoms with Crippen LogP contribution in [0, 0.1) is 0 Å². The summed E-state index contributed by atoms with van der Waals surface area (Å²) in [6.07, 6.45) is 0. The van der Waals surface area contributed by atoms with E-state index in [2.05, 4.69) is 0 Å². The van der Waals surface area contributed by atoms with Gasteiger partial charge in [0.15, 0.2) is 0 Å². The van der Waals surface area contributed by atoms with Crippen molar-refractivity contribution in [3.05, 3.63) is 0 Å². The van der Waals surface area contributed by atoms with Gasteiger partial charge < -0.3 is 19.2 Å². The van der Waals surface area contributed by atoms with Crippen molar-refractivity contribution in [3.63, 3.8) is 0 Å². The van der Waals surface area contributed by atoms with E-state index in [9.17, 15) is 0 Å². The molecule has 0 aromatic heterocycles. The van der Waals surface area contributed by atoms with Crippen LogP contribution in [0.1, 0.15) is 0 Å². The van der Waals surface area contributed by atoms with Crippen LogP contribution in [-0.4, -0.2) is 0 Å². The summed E-state index contributed by atoms with van der Waals surface area (Å²) in [5.74, 6) is 0. The first kappa shape index (κ1) is 15.8. The number of rotatable bonds is 0. The average Bonchev–Trinajstić information content (AvgIpc) is 0.722. The minimum Gasteiger partial charge on any atom is -0.822 e. The van der Waals surface area contributed by atoms with E-state index >= 15 is 0 Å². The first-order chi connectivity index (χ1) is 2.00. The number of phosphoric acid groups is 1. The van der Waals surface area contributed by atoms with Crippen LogP contribution in [0.25, 0.3) is 0 Å². The predicted molar refractivity (Wildman–Crippen MR) is 7.61 cm³/mol. The van der Waals surface area contributed by atoms with Crippen LogP contribution < -0.4 is 14.7 Å². The molecule has 0 bridgehead atoms. The van der Waals surface area contributed by atoms with Crippen molar-refractivity contribution in [2.45, 2.75) is 0 Å². The van der Waals surface area contributed by atoms with E-state index in [1.54, 1.807) is 0 Å². The third-order valence-corrected chi connectivity index (χ3v) is 0. The first-order valence-electron chi connectivity index (χ1n) is 0.730. The zero-order valence-corrected chi connectivity index (χ0v) is 8.49. The van der Waals surface area contributed by atoms with Gasteiger partial charge in [-0.25, -0.2) is 0 Å². The van der Waals surface area contributed by atoms with Crippen molar-refractivity contribution < 1.29 is 57.3 Å². The molecule has 0 spiro atoms. The molecule has 35 valence electrons. The molecule has 0 aliphatic carbocycles. The quantitative estimate of drug-likeness (QED) is 0.319. The monoisotopic (exact) mass is 210 g/mol. The number of hydrogen-bond donors (Lipinski definition) is 0. The maximum Gasteiger partial charge on any atom is 2.00 e. The Bertz CT molecular complexity index is 57.8. The summed E-state index contributed by atoms with van der Waals surface area (Å²) in [5.41, 5.74) is 0. The normalized spacial score (nSPS) is 8.43. The molecule has 4 nitrogen and oxygen atoms in total. The van der Waals surface area contributed by atoms with E-state index in [0.29, 0.717) is 0 Å². The van der Waals surface area contributed by atoms with Gasteiger partial charge in [0.05, 0.1) is 0 Å². The Kier molecular flexibility index (Phi) is 12.3. The zero-order valence-electron chi connectivity index (χ0n) is 3.23. The molecule has 7 heteroatoms. The van der Waals surface area contributed by atoms with Gasteiger partial charge in [-0.15, -0.1) is 0 Å². The van der Waals surface area contributed by atoms with Crippen molar-refractivity contribution in [3.8, 4) is 0 Å². The molecule has 0 aliphatic rings.